The van der Waals surface area contributed by atoms with Crippen LogP contribution in [0.2, 0.25) is 0 Å². The third-order valence-electron chi connectivity index (χ3n) is 4.64. The van der Waals surface area contributed by atoms with Gasteiger partial charge in [0, 0.05) is 5.69 Å². The summed E-state index contributed by atoms with van der Waals surface area (Å²) in [6.45, 7) is 1.53. The lowest BCUT2D eigenvalue weighted by molar-refractivity contribution is -0.134. The molecule has 2 aromatic carbocycles. The van der Waals surface area contributed by atoms with Gasteiger partial charge >= 0.3 is 6.03 Å². The molecule has 3 rings (SSSR count). The molecule has 2 N–H and O–H groups in total. The summed E-state index contributed by atoms with van der Waals surface area (Å²) in [6, 6.07) is 16.9. The number of anilines is 1. The molecule has 0 radical (unpaired) electrons. The fourth-order valence-corrected chi connectivity index (χ4v) is 3.39. The predicted molar refractivity (Wildman–Crippen MR) is 103 cm³/mol. The standard InChI is InChI=1S/C21H20N4O3/c1-2-11-21(16-8-4-3-5-9-16)19(27)25(20(28)24-21)14-18(26)23-17-10-6-7-15(12-17)13-22/h3-10,12H,2,11,14H2,1H3,(H,23,26)(H,24,28). The Morgan fingerprint density at radius 3 is 2.61 bits per heavy atom. The lowest BCUT2D eigenvalue weighted by atomic mass is 9.85. The number of carbonyl (C=O) groups excluding carboxylic acids is 3. The average molecular weight is 376 g/mol. The van der Waals surface area contributed by atoms with Crippen LogP contribution in [0.3, 0.4) is 0 Å². The molecule has 0 aromatic heterocycles. The van der Waals surface area contributed by atoms with Crippen molar-refractivity contribution in [3.8, 4) is 6.07 Å². The molecule has 142 valence electrons. The van der Waals surface area contributed by atoms with Crippen molar-refractivity contribution in [2.24, 2.45) is 0 Å². The molecule has 0 aliphatic carbocycles. The van der Waals surface area contributed by atoms with Crippen molar-refractivity contribution in [1.82, 2.24) is 10.2 Å². The van der Waals surface area contributed by atoms with E-state index in [0.717, 1.165) is 4.90 Å². The third kappa shape index (κ3) is 3.58. The number of benzene rings is 2. The number of carbonyl (C=O) groups is 3. The topological polar surface area (TPSA) is 102 Å². The highest BCUT2D eigenvalue weighted by Gasteiger charge is 2.52. The van der Waals surface area contributed by atoms with E-state index < -0.39 is 29.9 Å². The van der Waals surface area contributed by atoms with Crippen LogP contribution in [0.5, 0.6) is 0 Å². The summed E-state index contributed by atoms with van der Waals surface area (Å²) in [7, 11) is 0. The van der Waals surface area contributed by atoms with Gasteiger partial charge in [-0.2, -0.15) is 5.26 Å². The molecule has 28 heavy (non-hydrogen) atoms. The van der Waals surface area contributed by atoms with Gasteiger partial charge in [-0.25, -0.2) is 4.79 Å². The first kappa shape index (κ1) is 19.1. The molecule has 1 aliphatic rings. The Labute approximate surface area is 163 Å². The van der Waals surface area contributed by atoms with Gasteiger partial charge in [-0.05, 0) is 30.2 Å². The van der Waals surface area contributed by atoms with E-state index in [9.17, 15) is 14.4 Å². The third-order valence-corrected chi connectivity index (χ3v) is 4.64. The lowest BCUT2D eigenvalue weighted by Crippen LogP contribution is -2.44. The maximum absolute atomic E-state index is 13.1. The Balaban J connectivity index is 1.79. The van der Waals surface area contributed by atoms with Gasteiger partial charge in [0.25, 0.3) is 5.91 Å². The number of hydrogen-bond donors (Lipinski definition) is 2. The second kappa shape index (κ2) is 7.92. The zero-order valence-electron chi connectivity index (χ0n) is 15.4. The molecule has 1 atom stereocenters. The number of rotatable bonds is 6. The quantitative estimate of drug-likeness (QED) is 0.757. The van der Waals surface area contributed by atoms with Crippen LogP contribution in [0.4, 0.5) is 10.5 Å². The highest BCUT2D eigenvalue weighted by Crippen LogP contribution is 2.33. The first-order chi connectivity index (χ1) is 13.5. The van der Waals surface area contributed by atoms with Crippen molar-refractivity contribution in [3.05, 3.63) is 65.7 Å². The van der Waals surface area contributed by atoms with Gasteiger partial charge in [-0.3, -0.25) is 14.5 Å². The summed E-state index contributed by atoms with van der Waals surface area (Å²) in [4.78, 5) is 39.0. The molecular weight excluding hydrogens is 356 g/mol. The molecule has 0 bridgehead atoms. The fraction of sp³-hybridized carbons (Fsp3) is 0.238. The maximum Gasteiger partial charge on any atom is 0.325 e. The van der Waals surface area contributed by atoms with E-state index in [4.69, 9.17) is 5.26 Å². The highest BCUT2D eigenvalue weighted by molar-refractivity contribution is 6.10. The Kier molecular flexibility index (Phi) is 5.41. The highest BCUT2D eigenvalue weighted by atomic mass is 16.2. The molecule has 1 aliphatic heterocycles. The minimum Gasteiger partial charge on any atom is -0.324 e. The monoisotopic (exact) mass is 376 g/mol. The second-order valence-corrected chi connectivity index (χ2v) is 6.58. The van der Waals surface area contributed by atoms with Gasteiger partial charge < -0.3 is 10.6 Å². The number of imide groups is 1. The van der Waals surface area contributed by atoms with Crippen molar-refractivity contribution in [1.29, 1.82) is 5.26 Å². The largest absolute Gasteiger partial charge is 0.325 e. The van der Waals surface area contributed by atoms with Gasteiger partial charge in [0.1, 0.15) is 12.1 Å². The van der Waals surface area contributed by atoms with E-state index in [2.05, 4.69) is 10.6 Å². The van der Waals surface area contributed by atoms with E-state index in [1.54, 1.807) is 30.3 Å². The van der Waals surface area contributed by atoms with Crippen LogP contribution in [0.25, 0.3) is 0 Å². The minimum atomic E-state index is -1.16. The zero-order valence-corrected chi connectivity index (χ0v) is 15.4. The Morgan fingerprint density at radius 1 is 1.18 bits per heavy atom. The average Bonchev–Trinajstić information content (AvgIpc) is 2.94. The second-order valence-electron chi connectivity index (χ2n) is 6.58. The number of amides is 4. The van der Waals surface area contributed by atoms with Gasteiger partial charge in [0.15, 0.2) is 0 Å². The molecule has 0 spiro atoms. The molecule has 0 saturated carbocycles. The molecule has 4 amide bonds. The van der Waals surface area contributed by atoms with Crippen molar-refractivity contribution in [2.45, 2.75) is 25.3 Å². The first-order valence-electron chi connectivity index (χ1n) is 9.00. The Bertz CT molecular complexity index is 952. The van der Waals surface area contributed by atoms with Gasteiger partial charge in [-0.15, -0.1) is 0 Å². The normalized spacial score (nSPS) is 18.5. The number of nitrogens with zero attached hydrogens (tertiary/aromatic N) is 2. The molecule has 2 aromatic rings. The summed E-state index contributed by atoms with van der Waals surface area (Å²) >= 11 is 0. The van der Waals surface area contributed by atoms with Crippen LogP contribution >= 0.6 is 0 Å². The predicted octanol–water partition coefficient (Wildman–Crippen LogP) is 2.74. The van der Waals surface area contributed by atoms with Crippen LogP contribution in [0.15, 0.2) is 54.6 Å². The number of urea groups is 1. The summed E-state index contributed by atoms with van der Waals surface area (Å²) in [6.07, 6.45) is 1.12. The molecule has 1 fully saturated rings. The lowest BCUT2D eigenvalue weighted by Gasteiger charge is -2.26. The maximum atomic E-state index is 13.1. The summed E-state index contributed by atoms with van der Waals surface area (Å²) < 4.78 is 0. The first-order valence-corrected chi connectivity index (χ1v) is 9.00. The number of hydrogen-bond acceptors (Lipinski definition) is 4. The van der Waals surface area contributed by atoms with Crippen molar-refractivity contribution in [2.75, 3.05) is 11.9 Å². The van der Waals surface area contributed by atoms with E-state index in [1.807, 2.05) is 31.2 Å². The molecule has 1 heterocycles. The molecular formula is C21H20N4O3. The Hall–Kier alpha value is -3.66. The minimum absolute atomic E-state index is 0.402. The van der Waals surface area contributed by atoms with Crippen molar-refractivity contribution < 1.29 is 14.4 Å². The molecule has 7 nitrogen and oxygen atoms in total. The molecule has 7 heteroatoms. The smallest absolute Gasteiger partial charge is 0.324 e. The van der Waals surface area contributed by atoms with E-state index in [1.165, 1.54) is 6.07 Å². The number of nitrogens with one attached hydrogen (secondary N) is 2. The number of nitriles is 1. The van der Waals surface area contributed by atoms with Crippen molar-refractivity contribution >= 4 is 23.5 Å². The van der Waals surface area contributed by atoms with Crippen LogP contribution in [-0.2, 0) is 15.1 Å². The van der Waals surface area contributed by atoms with Crippen molar-refractivity contribution in [3.63, 3.8) is 0 Å². The van der Waals surface area contributed by atoms with E-state index in [0.29, 0.717) is 29.7 Å². The van der Waals surface area contributed by atoms with Gasteiger partial charge in [0.05, 0.1) is 11.6 Å². The van der Waals surface area contributed by atoms with Crippen LogP contribution in [-0.4, -0.2) is 29.3 Å². The van der Waals surface area contributed by atoms with E-state index >= 15 is 0 Å². The molecule has 1 saturated heterocycles. The van der Waals surface area contributed by atoms with Gasteiger partial charge in [-0.1, -0.05) is 49.7 Å². The van der Waals surface area contributed by atoms with E-state index in [-0.39, 0.29) is 0 Å². The summed E-state index contributed by atoms with van der Waals surface area (Å²) in [5.41, 5.74) is 0.367. The zero-order chi connectivity index (χ0) is 20.1. The van der Waals surface area contributed by atoms with Gasteiger partial charge in [0.2, 0.25) is 5.91 Å². The summed E-state index contributed by atoms with van der Waals surface area (Å²) in [5.74, 6) is -0.953. The fourth-order valence-electron chi connectivity index (χ4n) is 3.39. The Morgan fingerprint density at radius 2 is 1.93 bits per heavy atom. The molecule has 1 unspecified atom stereocenters. The SMILES string of the molecule is CCCC1(c2ccccc2)NC(=O)N(CC(=O)Nc2cccc(C#N)c2)C1=O. The van der Waals surface area contributed by atoms with Crippen LogP contribution < -0.4 is 10.6 Å². The van der Waals surface area contributed by atoms with Crippen LogP contribution in [0.1, 0.15) is 30.9 Å². The summed E-state index contributed by atoms with van der Waals surface area (Å²) in [5, 5.41) is 14.3. The van der Waals surface area contributed by atoms with Crippen LogP contribution in [0, 0.1) is 11.3 Å².